The van der Waals surface area contributed by atoms with E-state index in [1.807, 2.05) is 36.4 Å². The Labute approximate surface area is 363 Å². The summed E-state index contributed by atoms with van der Waals surface area (Å²) < 4.78 is 8.78. The smallest absolute Gasteiger partial charge is 0.238 e. The molecule has 9 aromatic carbocycles. The summed E-state index contributed by atoms with van der Waals surface area (Å²) in [6.07, 6.45) is 0. The van der Waals surface area contributed by atoms with Crippen LogP contribution in [0.3, 0.4) is 0 Å². The number of fused-ring (bicyclic) bond motifs is 6. The van der Waals surface area contributed by atoms with E-state index in [0.717, 1.165) is 94.2 Å². The minimum absolute atomic E-state index is 0.485. The summed E-state index contributed by atoms with van der Waals surface area (Å²) in [6, 6.07) is 77.9. The van der Waals surface area contributed by atoms with Crippen LogP contribution in [0.15, 0.2) is 229 Å². The molecule has 0 aliphatic heterocycles. The molecular formula is C57H37N5O. The van der Waals surface area contributed by atoms with Crippen molar-refractivity contribution < 1.29 is 4.42 Å². The molecule has 12 rings (SSSR count). The molecule has 0 aliphatic carbocycles. The number of anilines is 3. The van der Waals surface area contributed by atoms with Gasteiger partial charge in [-0.1, -0.05) is 158 Å². The lowest BCUT2D eigenvalue weighted by Gasteiger charge is -2.25. The largest absolute Gasteiger partial charge is 0.456 e. The van der Waals surface area contributed by atoms with Crippen molar-refractivity contribution in [1.82, 2.24) is 19.5 Å². The Hall–Kier alpha value is -8.61. The molecule has 6 heteroatoms. The number of benzene rings is 9. The van der Waals surface area contributed by atoms with Gasteiger partial charge in [0.2, 0.25) is 5.95 Å². The third-order valence-electron chi connectivity index (χ3n) is 11.9. The summed E-state index contributed by atoms with van der Waals surface area (Å²) in [6.45, 7) is 0. The maximum absolute atomic E-state index is 6.45. The van der Waals surface area contributed by atoms with Gasteiger partial charge in [-0.3, -0.25) is 4.90 Å². The molecule has 0 unspecified atom stereocenters. The van der Waals surface area contributed by atoms with Crippen molar-refractivity contribution in [2.24, 2.45) is 0 Å². The van der Waals surface area contributed by atoms with E-state index in [0.29, 0.717) is 17.6 Å². The lowest BCUT2D eigenvalue weighted by Crippen LogP contribution is -2.15. The summed E-state index contributed by atoms with van der Waals surface area (Å²) in [5, 5.41) is 4.26. The first-order valence-corrected chi connectivity index (χ1v) is 21.1. The van der Waals surface area contributed by atoms with E-state index < -0.39 is 0 Å². The van der Waals surface area contributed by atoms with Crippen LogP contribution in [0.2, 0.25) is 0 Å². The molecule has 0 saturated carbocycles. The SMILES string of the molecule is c1ccc(-c2ccc(-c3nc(-c4ccc5c(c4)c4ccccc4n5-c4ccccc4)nc(N(c4ccc(-c5ccccc5)cc4)c4cccc5oc6ccccc6c45)n3)cc2)cc1. The Kier molecular flexibility index (Phi) is 8.71. The molecule has 6 nitrogen and oxygen atoms in total. The summed E-state index contributed by atoms with van der Waals surface area (Å²) in [4.78, 5) is 18.2. The van der Waals surface area contributed by atoms with Crippen LogP contribution < -0.4 is 4.90 Å². The summed E-state index contributed by atoms with van der Waals surface area (Å²) in [5.74, 6) is 1.62. The molecule has 0 fully saturated rings. The molecule has 0 spiro atoms. The van der Waals surface area contributed by atoms with Crippen LogP contribution in [0.5, 0.6) is 0 Å². The first-order chi connectivity index (χ1) is 31.2. The van der Waals surface area contributed by atoms with Gasteiger partial charge >= 0.3 is 0 Å². The van der Waals surface area contributed by atoms with Crippen molar-refractivity contribution >= 4 is 61.1 Å². The molecule has 0 amide bonds. The molecule has 0 saturated heterocycles. The number of hydrogen-bond acceptors (Lipinski definition) is 5. The number of hydrogen-bond donors (Lipinski definition) is 0. The number of furan rings is 1. The Morgan fingerprint density at radius 1 is 0.365 bits per heavy atom. The van der Waals surface area contributed by atoms with Gasteiger partial charge in [-0.15, -0.1) is 0 Å². The van der Waals surface area contributed by atoms with Crippen LogP contribution in [0, 0.1) is 0 Å². The van der Waals surface area contributed by atoms with Crippen molar-refractivity contribution in [3.8, 4) is 50.7 Å². The Morgan fingerprint density at radius 3 is 1.60 bits per heavy atom. The molecule has 0 aliphatic rings. The van der Waals surface area contributed by atoms with Crippen molar-refractivity contribution in [2.45, 2.75) is 0 Å². The predicted octanol–water partition coefficient (Wildman–Crippen LogP) is 15.0. The fourth-order valence-corrected chi connectivity index (χ4v) is 8.87. The van der Waals surface area contributed by atoms with Gasteiger partial charge in [0.05, 0.1) is 22.1 Å². The number of para-hydroxylation sites is 3. The Morgan fingerprint density at radius 2 is 0.889 bits per heavy atom. The molecule has 296 valence electrons. The van der Waals surface area contributed by atoms with E-state index in [-0.39, 0.29) is 0 Å². The van der Waals surface area contributed by atoms with Gasteiger partial charge in [0, 0.05) is 38.7 Å². The quantitative estimate of drug-likeness (QED) is 0.153. The first-order valence-electron chi connectivity index (χ1n) is 21.1. The van der Waals surface area contributed by atoms with Crippen LogP contribution in [0.1, 0.15) is 0 Å². The minimum Gasteiger partial charge on any atom is -0.456 e. The molecule has 0 N–H and O–H groups in total. The Balaban J connectivity index is 1.10. The molecule has 3 aromatic heterocycles. The first kappa shape index (κ1) is 36.3. The zero-order chi connectivity index (χ0) is 41.7. The standard InChI is InChI=1S/C57H37N5O/c1-4-15-38(16-5-1)40-27-29-42(30-28-40)55-58-56(43-33-36-50-48(37-43)46-21-10-12-23-49(46)61(50)44-19-8-3-9-20-44)60-57(59-55)62(45-34-31-41(32-35-45)39-17-6-2-7-18-39)51-24-14-26-53-54(51)47-22-11-13-25-52(47)63-53/h1-37H. The fraction of sp³-hybridized carbons (Fsp3) is 0. The second kappa shape index (κ2) is 15.1. The fourth-order valence-electron chi connectivity index (χ4n) is 8.87. The second-order valence-electron chi connectivity index (χ2n) is 15.6. The minimum atomic E-state index is 0.485. The van der Waals surface area contributed by atoms with Gasteiger partial charge in [-0.25, -0.2) is 4.98 Å². The normalized spacial score (nSPS) is 11.5. The van der Waals surface area contributed by atoms with Gasteiger partial charge in [-0.05, 0) is 89.0 Å². The Bertz CT molecular complexity index is 3600. The van der Waals surface area contributed by atoms with E-state index in [1.54, 1.807) is 0 Å². The topological polar surface area (TPSA) is 60.0 Å². The van der Waals surface area contributed by atoms with E-state index in [9.17, 15) is 0 Å². The van der Waals surface area contributed by atoms with Gasteiger partial charge in [0.1, 0.15) is 11.2 Å². The lowest BCUT2D eigenvalue weighted by molar-refractivity contribution is 0.669. The van der Waals surface area contributed by atoms with Gasteiger partial charge in [-0.2, -0.15) is 9.97 Å². The highest BCUT2D eigenvalue weighted by atomic mass is 16.3. The van der Waals surface area contributed by atoms with E-state index in [1.165, 1.54) is 0 Å². The van der Waals surface area contributed by atoms with Crippen molar-refractivity contribution in [3.05, 3.63) is 224 Å². The zero-order valence-electron chi connectivity index (χ0n) is 34.0. The van der Waals surface area contributed by atoms with Crippen LogP contribution in [-0.4, -0.2) is 19.5 Å². The van der Waals surface area contributed by atoms with Crippen molar-refractivity contribution in [1.29, 1.82) is 0 Å². The van der Waals surface area contributed by atoms with Crippen LogP contribution >= 0.6 is 0 Å². The average molecular weight is 808 g/mol. The molecule has 0 bridgehead atoms. The van der Waals surface area contributed by atoms with Gasteiger partial charge < -0.3 is 8.98 Å². The molecular weight excluding hydrogens is 771 g/mol. The zero-order valence-corrected chi connectivity index (χ0v) is 34.0. The predicted molar refractivity (Wildman–Crippen MR) is 258 cm³/mol. The average Bonchev–Trinajstić information content (AvgIpc) is 3.91. The third-order valence-corrected chi connectivity index (χ3v) is 11.9. The highest BCUT2D eigenvalue weighted by molar-refractivity contribution is 6.13. The third kappa shape index (κ3) is 6.40. The maximum atomic E-state index is 6.45. The van der Waals surface area contributed by atoms with Crippen LogP contribution in [0.25, 0.3) is 94.5 Å². The molecule has 0 atom stereocenters. The number of rotatable bonds is 8. The highest BCUT2D eigenvalue weighted by Crippen LogP contribution is 2.43. The highest BCUT2D eigenvalue weighted by Gasteiger charge is 2.24. The molecule has 3 heterocycles. The maximum Gasteiger partial charge on any atom is 0.238 e. The summed E-state index contributed by atoms with van der Waals surface area (Å²) in [5.41, 5.74) is 13.0. The van der Waals surface area contributed by atoms with Crippen molar-refractivity contribution in [3.63, 3.8) is 0 Å². The summed E-state index contributed by atoms with van der Waals surface area (Å²) >= 11 is 0. The second-order valence-corrected chi connectivity index (χ2v) is 15.6. The van der Waals surface area contributed by atoms with E-state index in [4.69, 9.17) is 19.4 Å². The molecule has 63 heavy (non-hydrogen) atoms. The van der Waals surface area contributed by atoms with Gasteiger partial charge in [0.15, 0.2) is 11.6 Å². The molecule has 12 aromatic rings. The summed E-state index contributed by atoms with van der Waals surface area (Å²) in [7, 11) is 0. The van der Waals surface area contributed by atoms with E-state index in [2.05, 4.69) is 198 Å². The van der Waals surface area contributed by atoms with Crippen LogP contribution in [0.4, 0.5) is 17.3 Å². The molecule has 0 radical (unpaired) electrons. The van der Waals surface area contributed by atoms with E-state index >= 15 is 0 Å². The van der Waals surface area contributed by atoms with Crippen molar-refractivity contribution in [2.75, 3.05) is 4.90 Å². The van der Waals surface area contributed by atoms with Gasteiger partial charge in [0.25, 0.3) is 0 Å². The van der Waals surface area contributed by atoms with Crippen LogP contribution in [-0.2, 0) is 0 Å². The number of nitrogens with zero attached hydrogens (tertiary/aromatic N) is 5. The monoisotopic (exact) mass is 807 g/mol. The lowest BCUT2D eigenvalue weighted by atomic mass is 10.0. The number of aromatic nitrogens is 4.